The smallest absolute Gasteiger partial charge is 0.303 e. The molecule has 0 aliphatic rings. The first-order valence-electron chi connectivity index (χ1n) is 7.59. The minimum Gasteiger partial charge on any atom is -0.492 e. The number of carboxylic acid groups (broad SMARTS) is 1. The molecule has 0 heterocycles. The van der Waals surface area contributed by atoms with Crippen molar-refractivity contribution in [1.29, 1.82) is 0 Å². The van der Waals surface area contributed by atoms with E-state index in [4.69, 9.17) is 33.0 Å². The van der Waals surface area contributed by atoms with Gasteiger partial charge in [0.15, 0.2) is 0 Å². The molecule has 0 radical (unpaired) electrons. The molecule has 0 saturated heterocycles. The summed E-state index contributed by atoms with van der Waals surface area (Å²) in [6.45, 7) is 0.518. The summed E-state index contributed by atoms with van der Waals surface area (Å²) in [6, 6.07) is 4.77. The highest BCUT2D eigenvalue weighted by Gasteiger charge is 2.15. The topological polar surface area (TPSA) is 83.9 Å². The zero-order valence-corrected chi connectivity index (χ0v) is 16.1. The molecule has 0 fully saturated rings. The van der Waals surface area contributed by atoms with E-state index in [0.717, 1.165) is 6.26 Å². The standard InChI is InChI=1S/C16H21Cl2NO5S/c1-25(22,23)19(7-5-3-2-4-6-16(20)21)8-9-24-15-11-13(17)10-14(18)12-15/h3,5,10-12H,2,4,6-9H2,1H3,(H,20,21)/b5-3-. The highest BCUT2D eigenvalue weighted by molar-refractivity contribution is 7.88. The maximum atomic E-state index is 11.8. The van der Waals surface area contributed by atoms with Gasteiger partial charge in [-0.05, 0) is 31.0 Å². The number of ether oxygens (including phenoxy) is 1. The van der Waals surface area contributed by atoms with Crippen LogP contribution in [0.25, 0.3) is 0 Å². The Bertz CT molecular complexity index is 686. The molecule has 1 rings (SSSR count). The number of hydrogen-bond donors (Lipinski definition) is 1. The molecule has 0 aliphatic carbocycles. The van der Waals surface area contributed by atoms with Crippen LogP contribution >= 0.6 is 23.2 Å². The van der Waals surface area contributed by atoms with E-state index < -0.39 is 16.0 Å². The second-order valence-electron chi connectivity index (χ2n) is 5.33. The van der Waals surface area contributed by atoms with Crippen molar-refractivity contribution in [3.05, 3.63) is 40.4 Å². The van der Waals surface area contributed by atoms with Gasteiger partial charge in [-0.2, -0.15) is 4.31 Å². The minimum atomic E-state index is -3.39. The summed E-state index contributed by atoms with van der Waals surface area (Å²) in [5.41, 5.74) is 0. The summed E-state index contributed by atoms with van der Waals surface area (Å²) in [6.07, 6.45) is 5.81. The average molecular weight is 410 g/mol. The van der Waals surface area contributed by atoms with Gasteiger partial charge in [0.1, 0.15) is 12.4 Å². The molecule has 0 spiro atoms. The Morgan fingerprint density at radius 2 is 1.88 bits per heavy atom. The maximum absolute atomic E-state index is 11.8. The van der Waals surface area contributed by atoms with E-state index >= 15 is 0 Å². The number of sulfonamides is 1. The van der Waals surface area contributed by atoms with Gasteiger partial charge in [-0.15, -0.1) is 0 Å². The first kappa shape index (κ1) is 21.8. The summed E-state index contributed by atoms with van der Waals surface area (Å²) >= 11 is 11.8. The molecule has 9 heteroatoms. The zero-order chi connectivity index (χ0) is 18.9. The molecule has 0 atom stereocenters. The lowest BCUT2D eigenvalue weighted by Gasteiger charge is -2.18. The SMILES string of the molecule is CS(=O)(=O)N(C/C=C\CCCC(=O)O)CCOc1cc(Cl)cc(Cl)c1. The quantitative estimate of drug-likeness (QED) is 0.446. The van der Waals surface area contributed by atoms with Crippen molar-refractivity contribution in [3.63, 3.8) is 0 Å². The lowest BCUT2D eigenvalue weighted by molar-refractivity contribution is -0.137. The molecule has 1 aromatic carbocycles. The van der Waals surface area contributed by atoms with Gasteiger partial charge in [0.05, 0.1) is 6.26 Å². The fourth-order valence-electron chi connectivity index (χ4n) is 1.95. The number of hydrogen-bond acceptors (Lipinski definition) is 4. The second kappa shape index (κ2) is 10.7. The van der Waals surface area contributed by atoms with E-state index in [2.05, 4.69) is 0 Å². The number of allylic oxidation sites excluding steroid dienone is 1. The summed E-state index contributed by atoms with van der Waals surface area (Å²) in [4.78, 5) is 10.4. The van der Waals surface area contributed by atoms with Gasteiger partial charge in [0.2, 0.25) is 10.0 Å². The number of carbonyl (C=O) groups is 1. The van der Waals surface area contributed by atoms with Crippen molar-refractivity contribution in [2.75, 3.05) is 26.0 Å². The van der Waals surface area contributed by atoms with Crippen molar-refractivity contribution in [3.8, 4) is 5.75 Å². The molecule has 0 bridgehead atoms. The van der Waals surface area contributed by atoms with Crippen LogP contribution in [0.5, 0.6) is 5.75 Å². The van der Waals surface area contributed by atoms with E-state index in [0.29, 0.717) is 28.6 Å². The number of benzene rings is 1. The molecule has 140 valence electrons. The van der Waals surface area contributed by atoms with Crippen molar-refractivity contribution in [2.24, 2.45) is 0 Å². The van der Waals surface area contributed by atoms with E-state index in [9.17, 15) is 13.2 Å². The third-order valence-corrected chi connectivity index (χ3v) is 4.86. The van der Waals surface area contributed by atoms with Crippen LogP contribution in [0.15, 0.2) is 30.4 Å². The predicted molar refractivity (Wildman–Crippen MR) is 99.0 cm³/mol. The number of aliphatic carboxylic acids is 1. The predicted octanol–water partition coefficient (Wildman–Crippen LogP) is 3.44. The summed E-state index contributed by atoms with van der Waals surface area (Å²) in [7, 11) is -3.39. The highest BCUT2D eigenvalue weighted by atomic mass is 35.5. The number of unbranched alkanes of at least 4 members (excludes halogenated alkanes) is 1. The van der Waals surface area contributed by atoms with Crippen molar-refractivity contribution in [2.45, 2.75) is 19.3 Å². The largest absolute Gasteiger partial charge is 0.492 e. The van der Waals surface area contributed by atoms with Crippen LogP contribution in [-0.4, -0.2) is 49.8 Å². The third kappa shape index (κ3) is 9.69. The number of rotatable bonds is 11. The molecule has 1 N–H and O–H groups in total. The van der Waals surface area contributed by atoms with E-state index in [1.54, 1.807) is 30.4 Å². The summed E-state index contributed by atoms with van der Waals surface area (Å²) in [5, 5.41) is 9.42. The maximum Gasteiger partial charge on any atom is 0.303 e. The van der Waals surface area contributed by atoms with E-state index in [1.807, 2.05) is 0 Å². The second-order valence-corrected chi connectivity index (χ2v) is 8.19. The van der Waals surface area contributed by atoms with E-state index in [1.165, 1.54) is 4.31 Å². The fourth-order valence-corrected chi connectivity index (χ4v) is 3.22. The van der Waals surface area contributed by atoms with Crippen LogP contribution in [0.2, 0.25) is 10.0 Å². The lowest BCUT2D eigenvalue weighted by Crippen LogP contribution is -2.34. The number of carboxylic acids is 1. The molecule has 0 unspecified atom stereocenters. The van der Waals surface area contributed by atoms with Crippen molar-refractivity contribution in [1.82, 2.24) is 4.31 Å². The Labute approximate surface area is 158 Å². The average Bonchev–Trinajstić information content (AvgIpc) is 2.46. The zero-order valence-electron chi connectivity index (χ0n) is 13.8. The number of nitrogens with zero attached hydrogens (tertiary/aromatic N) is 1. The van der Waals surface area contributed by atoms with Crippen LogP contribution < -0.4 is 4.74 Å². The highest BCUT2D eigenvalue weighted by Crippen LogP contribution is 2.24. The van der Waals surface area contributed by atoms with Gasteiger partial charge < -0.3 is 9.84 Å². The normalized spacial score (nSPS) is 12.0. The first-order valence-corrected chi connectivity index (χ1v) is 10.2. The molecule has 0 amide bonds. The Hall–Kier alpha value is -1.28. The monoisotopic (exact) mass is 409 g/mol. The van der Waals surface area contributed by atoms with Crippen LogP contribution in [0.4, 0.5) is 0 Å². The molecule has 6 nitrogen and oxygen atoms in total. The summed E-state index contributed by atoms with van der Waals surface area (Å²) < 4.78 is 30.4. The van der Waals surface area contributed by atoms with Crippen molar-refractivity contribution >= 4 is 39.2 Å². The molecule has 1 aromatic rings. The first-order chi connectivity index (χ1) is 11.7. The van der Waals surface area contributed by atoms with Gasteiger partial charge >= 0.3 is 5.97 Å². The molecular formula is C16H21Cl2NO5S. The van der Waals surface area contributed by atoms with Crippen LogP contribution in [0, 0.1) is 0 Å². The minimum absolute atomic E-state index is 0.0934. The molecule has 0 aromatic heterocycles. The fraction of sp³-hybridized carbons (Fsp3) is 0.438. The Balaban J connectivity index is 2.48. The van der Waals surface area contributed by atoms with E-state index in [-0.39, 0.29) is 26.1 Å². The summed E-state index contributed by atoms with van der Waals surface area (Å²) in [5.74, 6) is -0.375. The van der Waals surface area contributed by atoms with Crippen LogP contribution in [-0.2, 0) is 14.8 Å². The van der Waals surface area contributed by atoms with Crippen LogP contribution in [0.3, 0.4) is 0 Å². The van der Waals surface area contributed by atoms with Gasteiger partial charge in [-0.1, -0.05) is 35.4 Å². The molecule has 0 saturated carbocycles. The van der Waals surface area contributed by atoms with Gasteiger partial charge in [0, 0.05) is 29.6 Å². The van der Waals surface area contributed by atoms with Gasteiger partial charge in [-0.25, -0.2) is 8.42 Å². The van der Waals surface area contributed by atoms with Crippen molar-refractivity contribution < 1.29 is 23.1 Å². The van der Waals surface area contributed by atoms with Gasteiger partial charge in [-0.3, -0.25) is 4.79 Å². The Morgan fingerprint density at radius 3 is 2.44 bits per heavy atom. The third-order valence-electron chi connectivity index (χ3n) is 3.15. The van der Waals surface area contributed by atoms with Crippen LogP contribution in [0.1, 0.15) is 19.3 Å². The van der Waals surface area contributed by atoms with Gasteiger partial charge in [0.25, 0.3) is 0 Å². The molecular weight excluding hydrogens is 389 g/mol. The Morgan fingerprint density at radius 1 is 1.24 bits per heavy atom. The Kier molecular flexibility index (Phi) is 9.27. The number of halogens is 2. The molecule has 0 aliphatic heterocycles. The lowest BCUT2D eigenvalue weighted by atomic mass is 10.2. The molecule has 25 heavy (non-hydrogen) atoms.